The molecule has 1 saturated heterocycles. The van der Waals surface area contributed by atoms with Gasteiger partial charge in [-0.3, -0.25) is 19.6 Å². The zero-order valence-electron chi connectivity index (χ0n) is 24.2. The molecule has 0 aromatic heterocycles. The van der Waals surface area contributed by atoms with E-state index in [0.717, 1.165) is 5.56 Å². The van der Waals surface area contributed by atoms with Crippen molar-refractivity contribution >= 4 is 19.3 Å². The number of rotatable bonds is 9. The second kappa shape index (κ2) is 13.1. The molecule has 3 unspecified atom stereocenters. The molecule has 2 aliphatic rings. The molecule has 0 saturated carbocycles. The molecule has 2 aromatic rings. The molecule has 1 N–H and O–H groups in total. The Balaban J connectivity index is 1.67. The zero-order valence-corrected chi connectivity index (χ0v) is 25.1. The first-order valence-electron chi connectivity index (χ1n) is 13.8. The molecule has 0 aliphatic carbocycles. The van der Waals surface area contributed by atoms with Crippen LogP contribution in [-0.2, 0) is 29.7 Å². The molecule has 0 spiro atoms. The molecule has 2 aliphatic heterocycles. The Hall–Kier alpha value is -3.30. The van der Waals surface area contributed by atoms with Crippen molar-refractivity contribution in [3.63, 3.8) is 0 Å². The molecule has 2 aromatic carbocycles. The summed E-state index contributed by atoms with van der Waals surface area (Å²) in [6.07, 6.45) is 0.623. The minimum absolute atomic E-state index is 0.122. The fourth-order valence-electron chi connectivity index (χ4n) is 5.29. The first kappa shape index (κ1) is 30.7. The fourth-order valence-corrected chi connectivity index (χ4v) is 7.79. The van der Waals surface area contributed by atoms with Gasteiger partial charge in [-0.05, 0) is 58.7 Å². The standard InChI is InChI=1S/C30H38N3O7P/c1-20-14-15-21(2)40-41(37,39-20)29-23(4)31-22(3)27(28(29)25-12-9-13-26(18-25)33(35)36)30(34)38-17-16-32(5)19-24-10-7-6-8-11-24/h6-13,18,20-21,28,31H,14-17,19H2,1-5H3. The van der Waals surface area contributed by atoms with Gasteiger partial charge in [0, 0.05) is 36.6 Å². The highest BCUT2D eigenvalue weighted by Crippen LogP contribution is 2.66. The van der Waals surface area contributed by atoms with Gasteiger partial charge in [-0.25, -0.2) is 4.79 Å². The number of carbonyl (C=O) groups excluding carboxylic acids is 1. The minimum Gasteiger partial charge on any atom is -0.461 e. The Labute approximate surface area is 241 Å². The van der Waals surface area contributed by atoms with Gasteiger partial charge in [-0.15, -0.1) is 0 Å². The number of allylic oxidation sites excluding steroid dienone is 3. The molecular weight excluding hydrogens is 545 g/mol. The normalized spacial score (nSPS) is 25.1. The van der Waals surface area contributed by atoms with Crippen LogP contribution in [0.15, 0.2) is 76.9 Å². The number of dihydropyridines is 1. The second-order valence-corrected chi connectivity index (χ2v) is 12.6. The molecule has 3 atom stereocenters. The average molecular weight is 584 g/mol. The van der Waals surface area contributed by atoms with Crippen molar-refractivity contribution in [2.75, 3.05) is 20.2 Å². The van der Waals surface area contributed by atoms with Crippen LogP contribution in [0.1, 0.15) is 57.6 Å². The molecular formula is C30H38N3O7P. The summed E-state index contributed by atoms with van der Waals surface area (Å²) in [6, 6.07) is 16.0. The lowest BCUT2D eigenvalue weighted by atomic mass is 9.86. The summed E-state index contributed by atoms with van der Waals surface area (Å²) in [5, 5.41) is 15.1. The number of nitro benzene ring substituents is 1. The molecule has 0 radical (unpaired) electrons. The second-order valence-electron chi connectivity index (χ2n) is 10.7. The first-order chi connectivity index (χ1) is 19.5. The molecule has 41 heavy (non-hydrogen) atoms. The van der Waals surface area contributed by atoms with Crippen molar-refractivity contribution in [2.45, 2.75) is 65.2 Å². The fraction of sp³-hybridized carbons (Fsp3) is 0.433. The van der Waals surface area contributed by atoms with Crippen LogP contribution in [0.4, 0.5) is 5.69 Å². The Morgan fingerprint density at radius 1 is 1.07 bits per heavy atom. The molecule has 2 heterocycles. The number of carbonyl (C=O) groups is 1. The number of nitro groups is 1. The third-order valence-electron chi connectivity index (χ3n) is 7.27. The number of nitrogens with one attached hydrogen (secondary N) is 1. The summed E-state index contributed by atoms with van der Waals surface area (Å²) in [5.74, 6) is -1.54. The van der Waals surface area contributed by atoms with Crippen LogP contribution in [0.5, 0.6) is 0 Å². The summed E-state index contributed by atoms with van der Waals surface area (Å²) in [6.45, 7) is 8.46. The van der Waals surface area contributed by atoms with Gasteiger partial charge in [0.1, 0.15) is 6.61 Å². The van der Waals surface area contributed by atoms with Gasteiger partial charge in [0.25, 0.3) is 5.69 Å². The van der Waals surface area contributed by atoms with E-state index >= 15 is 0 Å². The van der Waals surface area contributed by atoms with Crippen molar-refractivity contribution in [1.29, 1.82) is 0 Å². The van der Waals surface area contributed by atoms with Gasteiger partial charge in [0.2, 0.25) is 0 Å². The van der Waals surface area contributed by atoms with E-state index in [4.69, 9.17) is 13.8 Å². The Morgan fingerprint density at radius 3 is 2.37 bits per heavy atom. The van der Waals surface area contributed by atoms with Gasteiger partial charge in [0.15, 0.2) is 0 Å². The molecule has 1 fully saturated rings. The van der Waals surface area contributed by atoms with Crippen LogP contribution in [0.2, 0.25) is 0 Å². The van der Waals surface area contributed by atoms with Gasteiger partial charge in [0.05, 0.1) is 33.9 Å². The van der Waals surface area contributed by atoms with Crippen LogP contribution < -0.4 is 5.32 Å². The Morgan fingerprint density at radius 2 is 1.73 bits per heavy atom. The lowest BCUT2D eigenvalue weighted by Gasteiger charge is -2.35. The summed E-state index contributed by atoms with van der Waals surface area (Å²) in [7, 11) is -2.01. The van der Waals surface area contributed by atoms with E-state index in [9.17, 15) is 19.5 Å². The maximum Gasteiger partial charge on any atom is 0.360 e. The van der Waals surface area contributed by atoms with E-state index in [0.29, 0.717) is 42.9 Å². The maximum atomic E-state index is 14.5. The first-order valence-corrected chi connectivity index (χ1v) is 15.3. The number of ether oxygens (including phenoxy) is 1. The third kappa shape index (κ3) is 7.32. The lowest BCUT2D eigenvalue weighted by Crippen LogP contribution is -2.31. The van der Waals surface area contributed by atoms with E-state index in [2.05, 4.69) is 5.32 Å². The Kier molecular flexibility index (Phi) is 9.81. The van der Waals surface area contributed by atoms with Gasteiger partial charge in [-0.1, -0.05) is 42.5 Å². The molecule has 10 nitrogen and oxygen atoms in total. The van der Waals surface area contributed by atoms with E-state index in [1.807, 2.05) is 56.1 Å². The number of benzene rings is 2. The van der Waals surface area contributed by atoms with Crippen molar-refractivity contribution in [3.8, 4) is 0 Å². The van der Waals surface area contributed by atoms with E-state index in [1.54, 1.807) is 26.0 Å². The molecule has 4 rings (SSSR count). The SMILES string of the molecule is CC1=C(C(=O)OCCN(C)Cc2ccccc2)C(c2cccc([N+](=O)[O-])c2)C(P2(=O)OC(C)CCC(C)O2)=C(C)N1. The highest BCUT2D eigenvalue weighted by Gasteiger charge is 2.47. The molecule has 0 bridgehead atoms. The van der Waals surface area contributed by atoms with Crippen molar-refractivity contribution < 1.29 is 28.1 Å². The summed E-state index contributed by atoms with van der Waals surface area (Å²) < 4.78 is 32.4. The largest absolute Gasteiger partial charge is 0.461 e. The summed E-state index contributed by atoms with van der Waals surface area (Å²) in [4.78, 5) is 26.9. The highest BCUT2D eigenvalue weighted by atomic mass is 31.2. The number of nitrogens with zero attached hydrogens (tertiary/aromatic N) is 2. The average Bonchev–Trinajstić information content (AvgIpc) is 3.05. The summed E-state index contributed by atoms with van der Waals surface area (Å²) in [5.41, 5.74) is 2.66. The van der Waals surface area contributed by atoms with Crippen molar-refractivity contribution in [3.05, 3.63) is 98.1 Å². The number of hydrogen-bond donors (Lipinski definition) is 1. The molecule has 220 valence electrons. The van der Waals surface area contributed by atoms with Crippen LogP contribution in [0.25, 0.3) is 0 Å². The number of non-ortho nitro benzene ring substituents is 1. The molecule has 11 heteroatoms. The summed E-state index contributed by atoms with van der Waals surface area (Å²) >= 11 is 0. The van der Waals surface area contributed by atoms with E-state index in [-0.39, 0.29) is 35.4 Å². The van der Waals surface area contributed by atoms with E-state index < -0.39 is 24.4 Å². The van der Waals surface area contributed by atoms with Crippen LogP contribution >= 0.6 is 7.60 Å². The van der Waals surface area contributed by atoms with Crippen molar-refractivity contribution in [1.82, 2.24) is 10.2 Å². The maximum absolute atomic E-state index is 14.5. The number of hydrogen-bond acceptors (Lipinski definition) is 9. The minimum atomic E-state index is -3.95. The zero-order chi connectivity index (χ0) is 29.7. The lowest BCUT2D eigenvalue weighted by molar-refractivity contribution is -0.384. The van der Waals surface area contributed by atoms with Gasteiger partial charge < -0.3 is 19.1 Å². The van der Waals surface area contributed by atoms with Crippen LogP contribution in [0.3, 0.4) is 0 Å². The van der Waals surface area contributed by atoms with Gasteiger partial charge >= 0.3 is 13.6 Å². The monoisotopic (exact) mass is 583 g/mol. The predicted octanol–water partition coefficient (Wildman–Crippen LogP) is 6.26. The quantitative estimate of drug-likeness (QED) is 0.158. The Bertz CT molecular complexity index is 1380. The predicted molar refractivity (Wildman–Crippen MR) is 156 cm³/mol. The van der Waals surface area contributed by atoms with Crippen LogP contribution in [0, 0.1) is 10.1 Å². The number of esters is 1. The smallest absolute Gasteiger partial charge is 0.360 e. The van der Waals surface area contributed by atoms with Crippen LogP contribution in [-0.4, -0.2) is 48.2 Å². The number of likely N-dealkylation sites (N-methyl/N-ethyl adjacent to an activating group) is 1. The third-order valence-corrected chi connectivity index (χ3v) is 9.73. The highest BCUT2D eigenvalue weighted by molar-refractivity contribution is 7.58. The molecule has 0 amide bonds. The topological polar surface area (TPSA) is 120 Å². The van der Waals surface area contributed by atoms with Crippen molar-refractivity contribution in [2.24, 2.45) is 0 Å². The van der Waals surface area contributed by atoms with E-state index in [1.165, 1.54) is 12.1 Å². The van der Waals surface area contributed by atoms with Gasteiger partial charge in [-0.2, -0.15) is 0 Å².